The lowest BCUT2D eigenvalue weighted by Gasteiger charge is -2.12. The number of aromatic nitrogens is 2. The number of nitrogens with two attached hydrogens (primary N) is 1. The normalized spacial score (nSPS) is 10.6. The first kappa shape index (κ1) is 15.8. The summed E-state index contributed by atoms with van der Waals surface area (Å²) in [7, 11) is 1.56. The number of nitrogens with zero attached hydrogens (tertiary/aromatic N) is 3. The third-order valence-corrected chi connectivity index (χ3v) is 3.70. The summed E-state index contributed by atoms with van der Waals surface area (Å²) in [4.78, 5) is 16.2. The van der Waals surface area contributed by atoms with Crippen LogP contribution in [0.4, 0.5) is 10.1 Å². The van der Waals surface area contributed by atoms with E-state index in [0.29, 0.717) is 10.9 Å². The predicted octanol–water partition coefficient (Wildman–Crippen LogP) is 2.97. The van der Waals surface area contributed by atoms with Gasteiger partial charge in [0.05, 0.1) is 27.9 Å². The minimum Gasteiger partial charge on any atom is -0.453 e. The number of hydrogen-bond donors (Lipinski definition) is 1. The van der Waals surface area contributed by atoms with Crippen molar-refractivity contribution >= 4 is 28.2 Å². The minimum atomic E-state index is -0.901. The SMILES string of the molecule is Cn1cnc2ccc(Oc3c(F)c(Cl)cc(N)c3C#N)cc2c1=O. The van der Waals surface area contributed by atoms with E-state index in [1.54, 1.807) is 19.2 Å². The van der Waals surface area contributed by atoms with Gasteiger partial charge in [0, 0.05) is 7.05 Å². The van der Waals surface area contributed by atoms with Crippen LogP contribution >= 0.6 is 11.6 Å². The van der Waals surface area contributed by atoms with Crippen LogP contribution in [0.1, 0.15) is 5.56 Å². The molecular weight excluding hydrogens is 335 g/mol. The number of fused-ring (bicyclic) bond motifs is 1. The molecule has 0 aliphatic heterocycles. The van der Waals surface area contributed by atoms with Gasteiger partial charge in [-0.15, -0.1) is 0 Å². The van der Waals surface area contributed by atoms with E-state index in [0.717, 1.165) is 6.07 Å². The zero-order valence-electron chi connectivity index (χ0n) is 12.4. The Labute approximate surface area is 140 Å². The van der Waals surface area contributed by atoms with Gasteiger partial charge in [0.2, 0.25) is 0 Å². The minimum absolute atomic E-state index is 0.00253. The molecule has 0 fully saturated rings. The lowest BCUT2D eigenvalue weighted by molar-refractivity contribution is 0.442. The van der Waals surface area contributed by atoms with E-state index in [1.807, 2.05) is 0 Å². The van der Waals surface area contributed by atoms with Gasteiger partial charge < -0.3 is 15.0 Å². The molecule has 2 aromatic carbocycles. The summed E-state index contributed by atoms with van der Waals surface area (Å²) >= 11 is 5.75. The Hall–Kier alpha value is -3.11. The maximum atomic E-state index is 14.2. The van der Waals surface area contributed by atoms with Crippen LogP contribution in [-0.4, -0.2) is 9.55 Å². The Kier molecular flexibility index (Phi) is 3.83. The zero-order chi connectivity index (χ0) is 17.4. The van der Waals surface area contributed by atoms with Crippen LogP contribution in [0, 0.1) is 17.1 Å². The van der Waals surface area contributed by atoms with Crippen molar-refractivity contribution in [2.75, 3.05) is 5.73 Å². The van der Waals surface area contributed by atoms with Crippen molar-refractivity contribution in [3.05, 3.63) is 57.3 Å². The summed E-state index contributed by atoms with van der Waals surface area (Å²) in [6, 6.07) is 7.41. The molecule has 0 unspecified atom stereocenters. The Morgan fingerprint density at radius 3 is 2.88 bits per heavy atom. The largest absolute Gasteiger partial charge is 0.453 e. The molecule has 0 bridgehead atoms. The highest BCUT2D eigenvalue weighted by atomic mass is 35.5. The molecule has 0 amide bonds. The highest BCUT2D eigenvalue weighted by molar-refractivity contribution is 6.31. The molecule has 0 radical (unpaired) electrons. The molecule has 24 heavy (non-hydrogen) atoms. The molecule has 3 aromatic rings. The Balaban J connectivity index is 2.16. The average Bonchev–Trinajstić information content (AvgIpc) is 2.56. The Morgan fingerprint density at radius 1 is 1.42 bits per heavy atom. The molecule has 0 aliphatic rings. The highest BCUT2D eigenvalue weighted by Crippen LogP contribution is 2.36. The summed E-state index contributed by atoms with van der Waals surface area (Å²) in [5.74, 6) is -1.13. The molecule has 0 saturated carbocycles. The van der Waals surface area contributed by atoms with Gasteiger partial charge in [-0.25, -0.2) is 9.37 Å². The van der Waals surface area contributed by atoms with Crippen LogP contribution in [-0.2, 0) is 7.05 Å². The fourth-order valence-corrected chi connectivity index (χ4v) is 2.41. The van der Waals surface area contributed by atoms with E-state index < -0.39 is 5.82 Å². The van der Waals surface area contributed by atoms with E-state index in [2.05, 4.69) is 4.98 Å². The maximum absolute atomic E-state index is 14.2. The topological polar surface area (TPSA) is 93.9 Å². The third kappa shape index (κ3) is 2.53. The monoisotopic (exact) mass is 344 g/mol. The van der Waals surface area contributed by atoms with E-state index in [4.69, 9.17) is 27.3 Å². The van der Waals surface area contributed by atoms with E-state index >= 15 is 0 Å². The fraction of sp³-hybridized carbons (Fsp3) is 0.0625. The molecule has 6 nitrogen and oxygen atoms in total. The first-order valence-electron chi connectivity index (χ1n) is 6.73. The van der Waals surface area contributed by atoms with Crippen molar-refractivity contribution in [1.82, 2.24) is 9.55 Å². The number of hydrogen-bond acceptors (Lipinski definition) is 5. The van der Waals surface area contributed by atoms with Crippen molar-refractivity contribution in [2.24, 2.45) is 7.05 Å². The lowest BCUT2D eigenvalue weighted by Crippen LogP contribution is -2.16. The van der Waals surface area contributed by atoms with Gasteiger partial charge in [0.25, 0.3) is 5.56 Å². The number of aryl methyl sites for hydroxylation is 1. The quantitative estimate of drug-likeness (QED) is 0.721. The van der Waals surface area contributed by atoms with Crippen molar-refractivity contribution < 1.29 is 9.13 Å². The summed E-state index contributed by atoms with van der Waals surface area (Å²) in [6.45, 7) is 0. The molecule has 0 saturated heterocycles. The molecule has 2 N–H and O–H groups in total. The van der Waals surface area contributed by atoms with Crippen LogP contribution in [0.25, 0.3) is 10.9 Å². The van der Waals surface area contributed by atoms with Crippen molar-refractivity contribution in [3.8, 4) is 17.6 Å². The summed E-state index contributed by atoms with van der Waals surface area (Å²) in [6.07, 6.45) is 1.40. The molecule has 120 valence electrons. The molecule has 1 aromatic heterocycles. The number of halogens is 2. The van der Waals surface area contributed by atoms with Gasteiger partial charge in [-0.1, -0.05) is 11.6 Å². The van der Waals surface area contributed by atoms with Crippen molar-refractivity contribution in [3.63, 3.8) is 0 Å². The van der Waals surface area contributed by atoms with Crippen molar-refractivity contribution in [1.29, 1.82) is 5.26 Å². The average molecular weight is 345 g/mol. The van der Waals surface area contributed by atoms with Gasteiger partial charge in [-0.2, -0.15) is 5.26 Å². The number of anilines is 1. The summed E-state index contributed by atoms with van der Waals surface area (Å²) in [5, 5.41) is 9.20. The van der Waals surface area contributed by atoms with Gasteiger partial charge in [-0.3, -0.25) is 4.79 Å². The van der Waals surface area contributed by atoms with E-state index in [1.165, 1.54) is 23.0 Å². The van der Waals surface area contributed by atoms with Gasteiger partial charge in [0.15, 0.2) is 11.6 Å². The van der Waals surface area contributed by atoms with Gasteiger partial charge >= 0.3 is 0 Å². The number of benzene rings is 2. The summed E-state index contributed by atoms with van der Waals surface area (Å²) in [5.41, 5.74) is 5.69. The van der Waals surface area contributed by atoms with Crippen LogP contribution in [0.5, 0.6) is 11.5 Å². The third-order valence-electron chi connectivity index (χ3n) is 3.43. The number of nitriles is 1. The second kappa shape index (κ2) is 5.83. The van der Waals surface area contributed by atoms with Crippen LogP contribution < -0.4 is 16.0 Å². The smallest absolute Gasteiger partial charge is 0.261 e. The molecule has 1 heterocycles. The Morgan fingerprint density at radius 2 is 2.17 bits per heavy atom. The molecule has 3 rings (SSSR count). The van der Waals surface area contributed by atoms with Gasteiger partial charge in [0.1, 0.15) is 17.4 Å². The second-order valence-corrected chi connectivity index (χ2v) is 5.43. The second-order valence-electron chi connectivity index (χ2n) is 5.02. The van der Waals surface area contributed by atoms with Gasteiger partial charge in [-0.05, 0) is 24.3 Å². The van der Waals surface area contributed by atoms with Crippen LogP contribution in [0.15, 0.2) is 35.4 Å². The van der Waals surface area contributed by atoms with E-state index in [-0.39, 0.29) is 33.3 Å². The van der Waals surface area contributed by atoms with Crippen LogP contribution in [0.3, 0.4) is 0 Å². The molecular formula is C16H10ClFN4O2. The number of ether oxygens (including phenoxy) is 1. The van der Waals surface area contributed by atoms with Crippen molar-refractivity contribution in [2.45, 2.75) is 0 Å². The molecule has 0 atom stereocenters. The molecule has 0 spiro atoms. The first-order chi connectivity index (χ1) is 11.4. The predicted molar refractivity (Wildman–Crippen MR) is 87.6 cm³/mol. The maximum Gasteiger partial charge on any atom is 0.261 e. The number of nitrogen functional groups attached to an aromatic ring is 1. The Bertz CT molecular complexity index is 1070. The molecule has 0 aliphatic carbocycles. The lowest BCUT2D eigenvalue weighted by atomic mass is 10.1. The fourth-order valence-electron chi connectivity index (χ4n) is 2.20. The number of rotatable bonds is 2. The zero-order valence-corrected chi connectivity index (χ0v) is 13.1. The highest BCUT2D eigenvalue weighted by Gasteiger charge is 2.19. The first-order valence-corrected chi connectivity index (χ1v) is 7.11. The van der Waals surface area contributed by atoms with Crippen LogP contribution in [0.2, 0.25) is 5.02 Å². The molecule has 8 heteroatoms. The van der Waals surface area contributed by atoms with E-state index in [9.17, 15) is 9.18 Å². The standard InChI is InChI=1S/C16H10ClFN4O2/c1-22-7-21-13-3-2-8(4-9(13)16(22)23)24-15-10(6-19)12(20)5-11(17)14(15)18/h2-5,7H,20H2,1H3. The summed E-state index contributed by atoms with van der Waals surface area (Å²) < 4.78 is 21.0.